The fourth-order valence-corrected chi connectivity index (χ4v) is 2.77. The number of amides is 3. The number of carbonyl (C=O) groups excluding carboxylic acids is 2. The molecule has 1 saturated heterocycles. The number of carbonyl (C=O) groups is 2. The van der Waals surface area contributed by atoms with Gasteiger partial charge in [0.2, 0.25) is 5.91 Å². The summed E-state index contributed by atoms with van der Waals surface area (Å²) < 4.78 is 1.72. The number of anilines is 1. The highest BCUT2D eigenvalue weighted by atomic mass is 35.5. The van der Waals surface area contributed by atoms with Gasteiger partial charge in [0.05, 0.1) is 36.7 Å². The van der Waals surface area contributed by atoms with Gasteiger partial charge in [-0.15, -0.1) is 17.5 Å². The molecule has 0 spiro atoms. The molecule has 3 heterocycles. The van der Waals surface area contributed by atoms with E-state index in [0.717, 1.165) is 0 Å². The van der Waals surface area contributed by atoms with Gasteiger partial charge in [0.15, 0.2) is 0 Å². The molecule has 2 atom stereocenters. The van der Waals surface area contributed by atoms with Crippen LogP contribution in [0.25, 0.3) is 0 Å². The van der Waals surface area contributed by atoms with Crippen molar-refractivity contribution < 1.29 is 9.59 Å². The second-order valence-electron chi connectivity index (χ2n) is 5.83. The van der Waals surface area contributed by atoms with Crippen molar-refractivity contribution in [2.45, 2.75) is 25.0 Å². The van der Waals surface area contributed by atoms with Crippen LogP contribution in [0.2, 0.25) is 5.15 Å². The highest BCUT2D eigenvalue weighted by Gasteiger charge is 2.30. The molecule has 4 N–H and O–H groups in total. The monoisotopic (exact) mass is 414 g/mol. The molecule has 0 aliphatic carbocycles. The van der Waals surface area contributed by atoms with Gasteiger partial charge in [-0.1, -0.05) is 16.8 Å². The number of hydrogen-bond donors (Lipinski definition) is 4. The predicted molar refractivity (Wildman–Crippen MR) is 102 cm³/mol. The van der Waals surface area contributed by atoms with Crippen molar-refractivity contribution in [3.63, 3.8) is 0 Å². The maximum Gasteiger partial charge on any atom is 0.319 e. The highest BCUT2D eigenvalue weighted by molar-refractivity contribution is 6.29. The van der Waals surface area contributed by atoms with E-state index in [9.17, 15) is 9.59 Å². The largest absolute Gasteiger partial charge is 0.358 e. The number of pyridine rings is 1. The van der Waals surface area contributed by atoms with Gasteiger partial charge < -0.3 is 21.3 Å². The van der Waals surface area contributed by atoms with Gasteiger partial charge >= 0.3 is 6.03 Å². The zero-order valence-corrected chi connectivity index (χ0v) is 16.0. The van der Waals surface area contributed by atoms with Crippen LogP contribution in [0.15, 0.2) is 24.5 Å². The number of hydrogen-bond acceptors (Lipinski definition) is 6. The van der Waals surface area contributed by atoms with E-state index in [1.165, 1.54) is 6.20 Å². The van der Waals surface area contributed by atoms with Crippen molar-refractivity contribution in [1.29, 1.82) is 0 Å². The Balaban J connectivity index is 0.00000261. The summed E-state index contributed by atoms with van der Waals surface area (Å²) >= 11 is 5.70. The summed E-state index contributed by atoms with van der Waals surface area (Å²) in [6, 6.07) is 2.68. The van der Waals surface area contributed by atoms with E-state index in [-0.39, 0.29) is 43.0 Å². The fourth-order valence-electron chi connectivity index (χ4n) is 2.66. The molecule has 2 aromatic rings. The summed E-state index contributed by atoms with van der Waals surface area (Å²) in [5, 5.41) is 19.6. The lowest BCUT2D eigenvalue weighted by Gasteiger charge is -2.09. The fraction of sp³-hybridized carbons (Fsp3) is 0.400. The summed E-state index contributed by atoms with van der Waals surface area (Å²) in [5.74, 6) is -0.0390. The lowest BCUT2D eigenvalue weighted by molar-refractivity contribution is -0.122. The number of rotatable bonds is 5. The number of nitrogens with one attached hydrogen (secondary N) is 4. The van der Waals surface area contributed by atoms with Crippen LogP contribution in [-0.4, -0.2) is 51.6 Å². The second-order valence-corrected chi connectivity index (χ2v) is 6.22. The summed E-state index contributed by atoms with van der Waals surface area (Å²) in [6.45, 7) is 0.865. The van der Waals surface area contributed by atoms with Gasteiger partial charge in [0.1, 0.15) is 10.8 Å². The molecule has 3 amide bonds. The number of halogens is 2. The Morgan fingerprint density at radius 2 is 2.22 bits per heavy atom. The molecule has 2 aromatic heterocycles. The zero-order valence-electron chi connectivity index (χ0n) is 14.5. The third kappa shape index (κ3) is 5.52. The van der Waals surface area contributed by atoms with Crippen LogP contribution in [0.5, 0.6) is 0 Å². The Labute approximate surface area is 166 Å². The Hall–Kier alpha value is -2.43. The molecule has 0 radical (unpaired) electrons. The van der Waals surface area contributed by atoms with Crippen molar-refractivity contribution in [3.05, 3.63) is 35.4 Å². The summed E-state index contributed by atoms with van der Waals surface area (Å²) in [7, 11) is 1.61. The van der Waals surface area contributed by atoms with E-state index in [1.807, 2.05) is 0 Å². The van der Waals surface area contributed by atoms with Crippen LogP contribution in [0.1, 0.15) is 18.2 Å². The average Bonchev–Trinajstić information content (AvgIpc) is 3.30. The van der Waals surface area contributed by atoms with Crippen LogP contribution < -0.4 is 21.3 Å². The van der Waals surface area contributed by atoms with Gasteiger partial charge in [0, 0.05) is 13.6 Å². The SMILES string of the molecule is CNC(=O)[C@@H]1C[C@H](n2cc(CNC(=O)Nc3ccc(Cl)nc3)nn2)CN1.Cl. The van der Waals surface area contributed by atoms with Crippen LogP contribution >= 0.6 is 24.0 Å². The van der Waals surface area contributed by atoms with Crippen molar-refractivity contribution in [2.75, 3.05) is 18.9 Å². The van der Waals surface area contributed by atoms with Gasteiger partial charge in [0.25, 0.3) is 0 Å². The second kappa shape index (κ2) is 9.49. The molecule has 1 fully saturated rings. The van der Waals surface area contributed by atoms with Gasteiger partial charge in [-0.25, -0.2) is 14.5 Å². The highest BCUT2D eigenvalue weighted by Crippen LogP contribution is 2.19. The molecule has 3 rings (SSSR count). The normalized spacial score (nSPS) is 18.4. The topological polar surface area (TPSA) is 126 Å². The predicted octanol–water partition coefficient (Wildman–Crippen LogP) is 0.719. The maximum absolute atomic E-state index is 11.9. The van der Waals surface area contributed by atoms with Crippen molar-refractivity contribution in [1.82, 2.24) is 35.9 Å². The van der Waals surface area contributed by atoms with E-state index < -0.39 is 0 Å². The molecular weight excluding hydrogens is 395 g/mol. The number of nitrogens with zero attached hydrogens (tertiary/aromatic N) is 4. The van der Waals surface area contributed by atoms with Crippen molar-refractivity contribution in [3.8, 4) is 0 Å². The minimum Gasteiger partial charge on any atom is -0.358 e. The summed E-state index contributed by atoms with van der Waals surface area (Å²) in [6.07, 6.45) is 3.87. The lowest BCUT2D eigenvalue weighted by atomic mass is 10.1. The smallest absolute Gasteiger partial charge is 0.319 e. The third-order valence-electron chi connectivity index (χ3n) is 4.02. The first-order valence-electron chi connectivity index (χ1n) is 8.07. The van der Waals surface area contributed by atoms with E-state index in [4.69, 9.17) is 11.6 Å². The maximum atomic E-state index is 11.9. The quantitative estimate of drug-likeness (QED) is 0.534. The molecule has 0 unspecified atom stereocenters. The molecule has 1 aliphatic heterocycles. The van der Waals surface area contributed by atoms with E-state index in [2.05, 4.69) is 36.6 Å². The van der Waals surface area contributed by atoms with Crippen LogP contribution in [0.3, 0.4) is 0 Å². The first-order chi connectivity index (χ1) is 12.5. The number of urea groups is 1. The summed E-state index contributed by atoms with van der Waals surface area (Å²) in [4.78, 5) is 27.4. The molecular formula is C15H20Cl2N8O2. The molecule has 1 aliphatic rings. The lowest BCUT2D eigenvalue weighted by Crippen LogP contribution is -2.38. The van der Waals surface area contributed by atoms with E-state index in [1.54, 1.807) is 30.1 Å². The van der Waals surface area contributed by atoms with Crippen LogP contribution in [-0.2, 0) is 11.3 Å². The standard InChI is InChI=1S/C15H19ClN8O2.ClH/c1-17-14(25)12-4-11(7-18-12)24-8-10(22-23-24)6-20-15(26)21-9-2-3-13(16)19-5-9;/h2-3,5,8,11-12,18H,4,6-7H2,1H3,(H,17,25)(H2,20,21,26);1H/t11-,12-;/m0./s1. The average molecular weight is 415 g/mol. The minimum absolute atomic E-state index is 0. The third-order valence-corrected chi connectivity index (χ3v) is 4.24. The van der Waals surface area contributed by atoms with E-state index >= 15 is 0 Å². The molecule has 146 valence electrons. The molecule has 0 bridgehead atoms. The van der Waals surface area contributed by atoms with Crippen LogP contribution in [0, 0.1) is 0 Å². The summed E-state index contributed by atoms with van der Waals surface area (Å²) in [5.41, 5.74) is 1.16. The molecule has 27 heavy (non-hydrogen) atoms. The van der Waals surface area contributed by atoms with Crippen molar-refractivity contribution >= 4 is 41.6 Å². The molecule has 0 saturated carbocycles. The Morgan fingerprint density at radius 1 is 1.41 bits per heavy atom. The zero-order chi connectivity index (χ0) is 18.5. The Bertz CT molecular complexity index is 782. The Morgan fingerprint density at radius 3 is 2.93 bits per heavy atom. The van der Waals surface area contributed by atoms with Gasteiger partial charge in [-0.05, 0) is 18.6 Å². The molecule has 0 aromatic carbocycles. The minimum atomic E-state index is -0.383. The van der Waals surface area contributed by atoms with Crippen LogP contribution in [0.4, 0.5) is 10.5 Å². The molecule has 12 heteroatoms. The Kier molecular flexibility index (Phi) is 7.34. The number of likely N-dealkylation sites (N-methyl/N-ethyl adjacent to an activating group) is 1. The first-order valence-corrected chi connectivity index (χ1v) is 8.45. The van der Waals surface area contributed by atoms with E-state index in [0.29, 0.717) is 29.5 Å². The number of aromatic nitrogens is 4. The molecule has 10 nitrogen and oxygen atoms in total. The van der Waals surface area contributed by atoms with Gasteiger partial charge in [-0.3, -0.25) is 4.79 Å². The van der Waals surface area contributed by atoms with Gasteiger partial charge in [-0.2, -0.15) is 0 Å². The first kappa shape index (κ1) is 20.9. The van der Waals surface area contributed by atoms with Crippen molar-refractivity contribution in [2.24, 2.45) is 0 Å².